The molecule has 3 N–H and O–H groups in total. The number of hydrogen-bond donors (Lipinski definition) is 2. The smallest absolute Gasteiger partial charge is 0.252 e. The molecule has 108 valence electrons. The van der Waals surface area contributed by atoms with Crippen LogP contribution in [-0.2, 0) is 6.42 Å². The first-order valence-corrected chi connectivity index (χ1v) is 7.28. The SMILES string of the molecule is NCC#Cc1ccc(F)cc1C(=O)NCCc1cscn1. The molecule has 1 amide bonds. The molecular formula is C15H14FN3OS. The predicted octanol–water partition coefficient (Wildman–Crippen LogP) is 1.56. The van der Waals surface area contributed by atoms with Crippen LogP contribution in [0, 0.1) is 17.7 Å². The molecule has 1 aromatic heterocycles. The standard InChI is InChI=1S/C15H14FN3OS/c16-12-4-3-11(2-1-6-17)14(8-12)15(20)18-7-5-13-9-21-10-19-13/h3-4,8-10H,5-7,17H2,(H,18,20). The Bertz CT molecular complexity index is 674. The van der Waals surface area contributed by atoms with Crippen molar-refractivity contribution in [1.82, 2.24) is 10.3 Å². The molecule has 0 unspecified atom stereocenters. The fraction of sp³-hybridized carbons (Fsp3) is 0.200. The highest BCUT2D eigenvalue weighted by atomic mass is 32.1. The van der Waals surface area contributed by atoms with Gasteiger partial charge in [0.1, 0.15) is 5.82 Å². The number of carbonyl (C=O) groups excluding carboxylic acids is 1. The van der Waals surface area contributed by atoms with Crippen molar-refractivity contribution in [2.24, 2.45) is 5.73 Å². The van der Waals surface area contributed by atoms with Gasteiger partial charge in [-0.1, -0.05) is 11.8 Å². The summed E-state index contributed by atoms with van der Waals surface area (Å²) in [6.45, 7) is 0.616. The van der Waals surface area contributed by atoms with Crippen LogP contribution in [0.2, 0.25) is 0 Å². The van der Waals surface area contributed by atoms with Crippen LogP contribution in [0.1, 0.15) is 21.6 Å². The number of halogens is 1. The average Bonchev–Trinajstić information content (AvgIpc) is 2.99. The molecule has 0 radical (unpaired) electrons. The van der Waals surface area contributed by atoms with E-state index in [1.54, 1.807) is 5.51 Å². The molecule has 0 spiro atoms. The quantitative estimate of drug-likeness (QED) is 0.842. The van der Waals surface area contributed by atoms with Crippen molar-refractivity contribution >= 4 is 17.2 Å². The van der Waals surface area contributed by atoms with E-state index in [1.165, 1.54) is 29.5 Å². The van der Waals surface area contributed by atoms with Crippen LogP contribution < -0.4 is 11.1 Å². The van der Waals surface area contributed by atoms with E-state index in [0.717, 1.165) is 5.69 Å². The monoisotopic (exact) mass is 303 g/mol. The Hall–Kier alpha value is -2.23. The van der Waals surface area contributed by atoms with Crippen LogP contribution >= 0.6 is 11.3 Å². The number of nitrogens with zero attached hydrogens (tertiary/aromatic N) is 1. The lowest BCUT2D eigenvalue weighted by Crippen LogP contribution is -2.26. The molecule has 0 fully saturated rings. The molecular weight excluding hydrogens is 289 g/mol. The summed E-state index contributed by atoms with van der Waals surface area (Å²) in [5.74, 6) is 4.61. The van der Waals surface area contributed by atoms with E-state index in [0.29, 0.717) is 18.5 Å². The second-order valence-electron chi connectivity index (χ2n) is 4.18. The van der Waals surface area contributed by atoms with Gasteiger partial charge in [-0.15, -0.1) is 11.3 Å². The van der Waals surface area contributed by atoms with Gasteiger partial charge in [0.25, 0.3) is 5.91 Å². The highest BCUT2D eigenvalue weighted by Crippen LogP contribution is 2.10. The summed E-state index contributed by atoms with van der Waals surface area (Å²) in [5, 5.41) is 4.66. The summed E-state index contributed by atoms with van der Waals surface area (Å²) in [6.07, 6.45) is 0.633. The predicted molar refractivity (Wildman–Crippen MR) is 80.5 cm³/mol. The third-order valence-electron chi connectivity index (χ3n) is 2.70. The molecule has 0 bridgehead atoms. The molecule has 0 atom stereocenters. The van der Waals surface area contributed by atoms with Crippen molar-refractivity contribution < 1.29 is 9.18 Å². The summed E-state index contributed by atoms with van der Waals surface area (Å²) < 4.78 is 13.3. The topological polar surface area (TPSA) is 68.0 Å². The Morgan fingerprint density at radius 1 is 1.48 bits per heavy atom. The van der Waals surface area contributed by atoms with Crippen molar-refractivity contribution in [3.8, 4) is 11.8 Å². The third-order valence-corrected chi connectivity index (χ3v) is 3.34. The second kappa shape index (κ2) is 7.53. The maximum Gasteiger partial charge on any atom is 0.252 e. The van der Waals surface area contributed by atoms with Gasteiger partial charge in [-0.05, 0) is 18.2 Å². The summed E-state index contributed by atoms with van der Waals surface area (Å²) in [7, 11) is 0. The maximum atomic E-state index is 13.3. The van der Waals surface area contributed by atoms with Gasteiger partial charge in [0, 0.05) is 23.9 Å². The lowest BCUT2D eigenvalue weighted by Gasteiger charge is -2.06. The Balaban J connectivity index is 2.05. The molecule has 1 heterocycles. The highest BCUT2D eigenvalue weighted by molar-refractivity contribution is 7.07. The molecule has 6 heteroatoms. The number of hydrogen-bond acceptors (Lipinski definition) is 4. The van der Waals surface area contributed by atoms with Crippen molar-refractivity contribution in [1.29, 1.82) is 0 Å². The second-order valence-corrected chi connectivity index (χ2v) is 4.90. The van der Waals surface area contributed by atoms with Crippen LogP contribution in [0.4, 0.5) is 4.39 Å². The van der Waals surface area contributed by atoms with Gasteiger partial charge >= 0.3 is 0 Å². The van der Waals surface area contributed by atoms with Gasteiger partial charge in [-0.25, -0.2) is 9.37 Å². The highest BCUT2D eigenvalue weighted by Gasteiger charge is 2.11. The van der Waals surface area contributed by atoms with Gasteiger partial charge in [-0.3, -0.25) is 4.79 Å². The lowest BCUT2D eigenvalue weighted by molar-refractivity contribution is 0.0953. The number of aromatic nitrogens is 1. The Morgan fingerprint density at radius 2 is 2.33 bits per heavy atom. The largest absolute Gasteiger partial charge is 0.352 e. The molecule has 2 aromatic rings. The van der Waals surface area contributed by atoms with Crippen molar-refractivity contribution in [2.75, 3.05) is 13.1 Å². The van der Waals surface area contributed by atoms with Crippen molar-refractivity contribution in [2.45, 2.75) is 6.42 Å². The van der Waals surface area contributed by atoms with Crippen LogP contribution in [0.3, 0.4) is 0 Å². The van der Waals surface area contributed by atoms with Crippen LogP contribution in [-0.4, -0.2) is 24.0 Å². The average molecular weight is 303 g/mol. The summed E-state index contributed by atoms with van der Waals surface area (Å²) in [4.78, 5) is 16.2. The fourth-order valence-electron chi connectivity index (χ4n) is 1.72. The minimum atomic E-state index is -0.474. The first-order chi connectivity index (χ1) is 10.2. The minimum Gasteiger partial charge on any atom is -0.352 e. The first-order valence-electron chi connectivity index (χ1n) is 6.34. The van der Waals surface area contributed by atoms with Gasteiger partial charge in [0.15, 0.2) is 0 Å². The van der Waals surface area contributed by atoms with E-state index in [4.69, 9.17) is 5.73 Å². The normalized spacial score (nSPS) is 9.81. The van der Waals surface area contributed by atoms with Crippen LogP contribution in [0.25, 0.3) is 0 Å². The van der Waals surface area contributed by atoms with Crippen LogP contribution in [0.5, 0.6) is 0 Å². The van der Waals surface area contributed by atoms with Crippen molar-refractivity contribution in [3.05, 3.63) is 51.7 Å². The van der Waals surface area contributed by atoms with Crippen LogP contribution in [0.15, 0.2) is 29.1 Å². The zero-order chi connectivity index (χ0) is 15.1. The number of thiazole rings is 1. The Kier molecular flexibility index (Phi) is 5.43. The lowest BCUT2D eigenvalue weighted by atomic mass is 10.1. The number of amides is 1. The van der Waals surface area contributed by atoms with Crippen molar-refractivity contribution in [3.63, 3.8) is 0 Å². The summed E-state index contributed by atoms with van der Waals surface area (Å²) in [5.41, 5.74) is 8.65. The molecule has 0 saturated heterocycles. The zero-order valence-electron chi connectivity index (χ0n) is 11.2. The maximum absolute atomic E-state index is 13.3. The van der Waals surface area contributed by atoms with Gasteiger partial charge in [-0.2, -0.15) is 0 Å². The number of nitrogens with two attached hydrogens (primary N) is 1. The van der Waals surface area contributed by atoms with E-state index in [-0.39, 0.29) is 18.0 Å². The fourth-order valence-corrected chi connectivity index (χ4v) is 2.31. The summed E-state index contributed by atoms with van der Waals surface area (Å²) >= 11 is 1.50. The van der Waals surface area contributed by atoms with Gasteiger partial charge in [0.2, 0.25) is 0 Å². The minimum absolute atomic E-state index is 0.183. The molecule has 0 saturated carbocycles. The zero-order valence-corrected chi connectivity index (χ0v) is 12.0. The van der Waals surface area contributed by atoms with E-state index >= 15 is 0 Å². The van der Waals surface area contributed by atoms with Gasteiger partial charge < -0.3 is 11.1 Å². The van der Waals surface area contributed by atoms with E-state index in [9.17, 15) is 9.18 Å². The molecule has 0 aliphatic rings. The Morgan fingerprint density at radius 3 is 3.05 bits per heavy atom. The molecule has 0 aliphatic carbocycles. The third kappa shape index (κ3) is 4.38. The molecule has 0 aliphatic heterocycles. The number of nitrogens with one attached hydrogen (secondary N) is 1. The van der Waals surface area contributed by atoms with Gasteiger partial charge in [0.05, 0.1) is 23.3 Å². The summed E-state index contributed by atoms with van der Waals surface area (Å²) in [6, 6.07) is 3.93. The number of rotatable bonds is 4. The number of benzene rings is 1. The molecule has 2 rings (SSSR count). The molecule has 1 aromatic carbocycles. The molecule has 4 nitrogen and oxygen atoms in total. The van der Waals surface area contributed by atoms with E-state index < -0.39 is 5.82 Å². The first kappa shape index (κ1) is 15.2. The Labute approximate surface area is 126 Å². The van der Waals surface area contributed by atoms with E-state index in [1.807, 2.05) is 5.38 Å². The number of carbonyl (C=O) groups is 1. The van der Waals surface area contributed by atoms with E-state index in [2.05, 4.69) is 22.1 Å². The molecule has 21 heavy (non-hydrogen) atoms.